The summed E-state index contributed by atoms with van der Waals surface area (Å²) in [6, 6.07) is 13.2. The van der Waals surface area contributed by atoms with Gasteiger partial charge in [0.05, 0.1) is 22.7 Å². The van der Waals surface area contributed by atoms with E-state index in [1.165, 1.54) is 30.6 Å². The third-order valence-electron chi connectivity index (χ3n) is 6.22. The molecule has 2 aromatic carbocycles. The summed E-state index contributed by atoms with van der Waals surface area (Å²) in [5.41, 5.74) is 2.29. The second-order valence-corrected chi connectivity index (χ2v) is 8.73. The van der Waals surface area contributed by atoms with Crippen molar-refractivity contribution in [2.75, 3.05) is 6.79 Å². The lowest BCUT2D eigenvalue weighted by molar-refractivity contribution is -0.140. The summed E-state index contributed by atoms with van der Waals surface area (Å²) in [4.78, 5) is 30.2. The van der Waals surface area contributed by atoms with E-state index < -0.39 is 23.9 Å². The van der Waals surface area contributed by atoms with Crippen LogP contribution in [0.25, 0.3) is 0 Å². The summed E-state index contributed by atoms with van der Waals surface area (Å²) >= 11 is 0. The highest BCUT2D eigenvalue weighted by Crippen LogP contribution is 2.34. The van der Waals surface area contributed by atoms with Gasteiger partial charge in [0.2, 0.25) is 6.79 Å². The highest BCUT2D eigenvalue weighted by atomic mass is 19.1. The lowest BCUT2D eigenvalue weighted by Crippen LogP contribution is -2.46. The molecule has 194 valence electrons. The number of halogens is 1. The molecular formula is C28H20FN5O5. The van der Waals surface area contributed by atoms with Gasteiger partial charge in [0.1, 0.15) is 24.6 Å². The number of nitrogens with one attached hydrogen (secondary N) is 2. The Morgan fingerprint density at radius 2 is 1.87 bits per heavy atom. The number of carbonyl (C=O) groups is 2. The Hall–Kier alpha value is -5.42. The molecule has 5 rings (SSSR count). The van der Waals surface area contributed by atoms with E-state index in [2.05, 4.69) is 15.6 Å². The highest BCUT2D eigenvalue weighted by molar-refractivity contribution is 5.95. The third kappa shape index (κ3) is 5.48. The number of aromatic nitrogens is 1. The number of nitriles is 2. The smallest absolute Gasteiger partial charge is 0.338 e. The maximum atomic E-state index is 13.7. The first kappa shape index (κ1) is 25.2. The predicted molar refractivity (Wildman–Crippen MR) is 132 cm³/mol. The van der Waals surface area contributed by atoms with Gasteiger partial charge in [-0.3, -0.25) is 4.98 Å². The lowest BCUT2D eigenvalue weighted by atomic mass is 9.93. The largest absolute Gasteiger partial charge is 0.457 e. The molecule has 0 saturated heterocycles. The number of pyridine rings is 1. The van der Waals surface area contributed by atoms with Crippen LogP contribution in [0.15, 0.2) is 66.1 Å². The predicted octanol–water partition coefficient (Wildman–Crippen LogP) is 3.68. The van der Waals surface area contributed by atoms with E-state index in [-0.39, 0.29) is 36.5 Å². The van der Waals surface area contributed by atoms with Gasteiger partial charge < -0.3 is 24.8 Å². The summed E-state index contributed by atoms with van der Waals surface area (Å²) in [7, 11) is 0. The first-order chi connectivity index (χ1) is 18.9. The van der Waals surface area contributed by atoms with Crippen LogP contribution in [-0.2, 0) is 22.6 Å². The Morgan fingerprint density at radius 3 is 2.69 bits per heavy atom. The molecule has 0 radical (unpaired) electrons. The van der Waals surface area contributed by atoms with Crippen LogP contribution < -0.4 is 20.1 Å². The summed E-state index contributed by atoms with van der Waals surface area (Å²) < 4.78 is 30.1. The van der Waals surface area contributed by atoms with Crippen molar-refractivity contribution in [2.24, 2.45) is 0 Å². The van der Waals surface area contributed by atoms with Crippen LogP contribution >= 0.6 is 0 Å². The standard InChI is InChI=1S/C28H20FN5O5/c29-21-4-1-17(7-19(21)11-31)14-37-27(35)25-22(5-2-16-3-6-23-24(9-16)39-15-38-23)33-28(36)34-26(25)20-8-18(10-30)12-32-13-20/h1,3-4,6-9,12-13,26H,2,5,14-15H2,(H2,33,34,36). The average Bonchev–Trinajstić information content (AvgIpc) is 3.43. The zero-order chi connectivity index (χ0) is 27.4. The number of nitrogens with zero attached hydrogens (tertiary/aromatic N) is 3. The van der Waals surface area contributed by atoms with Gasteiger partial charge in [-0.25, -0.2) is 14.0 Å². The number of carbonyl (C=O) groups excluding carboxylic acids is 2. The average molecular weight is 525 g/mol. The number of amides is 2. The van der Waals surface area contributed by atoms with Gasteiger partial charge in [0, 0.05) is 18.1 Å². The van der Waals surface area contributed by atoms with Gasteiger partial charge in [0.15, 0.2) is 11.5 Å². The minimum Gasteiger partial charge on any atom is -0.457 e. The molecule has 0 aliphatic carbocycles. The molecule has 0 fully saturated rings. The van der Waals surface area contributed by atoms with E-state index >= 15 is 0 Å². The number of esters is 1. The summed E-state index contributed by atoms with van der Waals surface area (Å²) in [5.74, 6) is -0.157. The molecule has 0 bridgehead atoms. The second-order valence-electron chi connectivity index (χ2n) is 8.73. The number of urea groups is 1. The highest BCUT2D eigenvalue weighted by Gasteiger charge is 2.34. The first-order valence-corrected chi connectivity index (χ1v) is 11.8. The van der Waals surface area contributed by atoms with Gasteiger partial charge in [-0.1, -0.05) is 12.1 Å². The van der Waals surface area contributed by atoms with Crippen molar-refractivity contribution in [3.63, 3.8) is 0 Å². The number of allylic oxidation sites excluding steroid dienone is 1. The molecule has 0 spiro atoms. The molecule has 10 nitrogen and oxygen atoms in total. The molecule has 2 amide bonds. The number of hydrogen-bond donors (Lipinski definition) is 2. The number of fused-ring (bicyclic) bond motifs is 1. The Labute approximate surface area is 222 Å². The Bertz CT molecular complexity index is 1590. The van der Waals surface area contributed by atoms with Gasteiger partial charge in [-0.2, -0.15) is 10.5 Å². The minimum absolute atomic E-state index is 0.134. The van der Waals surface area contributed by atoms with Crippen molar-refractivity contribution in [3.8, 4) is 23.6 Å². The normalized spacial score (nSPS) is 15.6. The topological polar surface area (TPSA) is 146 Å². The van der Waals surface area contributed by atoms with Crippen LogP contribution in [0.4, 0.5) is 9.18 Å². The quantitative estimate of drug-likeness (QED) is 0.444. The van der Waals surface area contributed by atoms with Crippen molar-refractivity contribution < 1.29 is 28.2 Å². The van der Waals surface area contributed by atoms with E-state index in [1.54, 1.807) is 12.1 Å². The van der Waals surface area contributed by atoms with Crippen molar-refractivity contribution in [1.29, 1.82) is 10.5 Å². The van der Waals surface area contributed by atoms with Crippen LogP contribution in [0, 0.1) is 28.5 Å². The van der Waals surface area contributed by atoms with Crippen molar-refractivity contribution in [1.82, 2.24) is 15.6 Å². The fourth-order valence-corrected chi connectivity index (χ4v) is 4.32. The first-order valence-electron chi connectivity index (χ1n) is 11.8. The van der Waals surface area contributed by atoms with Crippen molar-refractivity contribution in [3.05, 3.63) is 99.8 Å². The molecule has 3 heterocycles. The van der Waals surface area contributed by atoms with E-state index in [9.17, 15) is 19.2 Å². The molecule has 1 aromatic heterocycles. The molecule has 11 heteroatoms. The molecule has 2 N–H and O–H groups in total. The van der Waals surface area contributed by atoms with Crippen LogP contribution in [-0.4, -0.2) is 23.8 Å². The molecular weight excluding hydrogens is 505 g/mol. The molecule has 3 aromatic rings. The summed E-state index contributed by atoms with van der Waals surface area (Å²) in [6.07, 6.45) is 3.55. The maximum Gasteiger partial charge on any atom is 0.338 e. The van der Waals surface area contributed by atoms with E-state index in [4.69, 9.17) is 19.5 Å². The second kappa shape index (κ2) is 10.9. The third-order valence-corrected chi connectivity index (χ3v) is 6.22. The van der Waals surface area contributed by atoms with E-state index in [0.717, 1.165) is 11.6 Å². The molecule has 1 atom stereocenters. The van der Waals surface area contributed by atoms with Crippen LogP contribution in [0.2, 0.25) is 0 Å². The lowest BCUT2D eigenvalue weighted by Gasteiger charge is -2.29. The van der Waals surface area contributed by atoms with Gasteiger partial charge in [-0.05, 0) is 59.9 Å². The number of ether oxygens (including phenoxy) is 3. The Morgan fingerprint density at radius 1 is 1.05 bits per heavy atom. The van der Waals surface area contributed by atoms with Crippen LogP contribution in [0.1, 0.15) is 40.3 Å². The van der Waals surface area contributed by atoms with Crippen LogP contribution in [0.5, 0.6) is 11.5 Å². The number of aryl methyl sites for hydroxylation is 1. The Kier molecular flexibility index (Phi) is 7.06. The molecule has 39 heavy (non-hydrogen) atoms. The zero-order valence-electron chi connectivity index (χ0n) is 20.4. The molecule has 0 saturated carbocycles. The van der Waals surface area contributed by atoms with Gasteiger partial charge in [-0.15, -0.1) is 0 Å². The summed E-state index contributed by atoms with van der Waals surface area (Å²) in [5, 5.41) is 23.9. The fourth-order valence-electron chi connectivity index (χ4n) is 4.32. The number of hydrogen-bond acceptors (Lipinski definition) is 8. The van der Waals surface area contributed by atoms with E-state index in [1.807, 2.05) is 18.2 Å². The molecule has 1 unspecified atom stereocenters. The minimum atomic E-state index is -0.943. The summed E-state index contributed by atoms with van der Waals surface area (Å²) in [6.45, 7) is -0.0903. The zero-order valence-corrected chi connectivity index (χ0v) is 20.4. The SMILES string of the molecule is N#Cc1cncc(C2NC(=O)NC(CCc3ccc4c(c3)OCO4)=C2C(=O)OCc2ccc(F)c(C#N)c2)c1. The molecule has 2 aliphatic heterocycles. The number of benzene rings is 2. The van der Waals surface area contributed by atoms with Crippen molar-refractivity contribution in [2.45, 2.75) is 25.5 Å². The van der Waals surface area contributed by atoms with Gasteiger partial charge >= 0.3 is 12.0 Å². The fraction of sp³-hybridized carbons (Fsp3) is 0.179. The van der Waals surface area contributed by atoms with Crippen LogP contribution in [0.3, 0.4) is 0 Å². The maximum absolute atomic E-state index is 13.7. The molecule has 2 aliphatic rings. The monoisotopic (exact) mass is 525 g/mol. The van der Waals surface area contributed by atoms with Gasteiger partial charge in [0.25, 0.3) is 0 Å². The van der Waals surface area contributed by atoms with E-state index in [0.29, 0.717) is 34.7 Å². The van der Waals surface area contributed by atoms with Crippen molar-refractivity contribution >= 4 is 12.0 Å². The Balaban J connectivity index is 1.46. The number of rotatable bonds is 7.